The number of rotatable bonds is 6. The summed E-state index contributed by atoms with van der Waals surface area (Å²) in [5.41, 5.74) is 3.79. The number of hydrogen-bond acceptors (Lipinski definition) is 3. The first kappa shape index (κ1) is 23.5. The molecule has 0 aromatic heterocycles. The number of alkyl carbamates (subject to hydrolysis) is 1. The third kappa shape index (κ3) is 8.81. The van der Waals surface area contributed by atoms with Crippen LogP contribution in [0.2, 0.25) is 0 Å². The lowest BCUT2D eigenvalue weighted by atomic mass is 10.1. The van der Waals surface area contributed by atoms with Gasteiger partial charge in [-0.2, -0.15) is 0 Å². The predicted octanol–water partition coefficient (Wildman–Crippen LogP) is 3.37. The Labute approximate surface area is 179 Å². The lowest BCUT2D eigenvalue weighted by Crippen LogP contribution is -2.39. The maximum Gasteiger partial charge on any atom is 0.407 e. The Morgan fingerprint density at radius 3 is 2.52 bits per heavy atom. The van der Waals surface area contributed by atoms with Gasteiger partial charge in [-0.1, -0.05) is 18.2 Å². The maximum absolute atomic E-state index is 11.6. The van der Waals surface area contributed by atoms with Crippen LogP contribution in [-0.2, 0) is 24.1 Å². The molecule has 0 unspecified atom stereocenters. The van der Waals surface area contributed by atoms with Gasteiger partial charge in [0.1, 0.15) is 5.60 Å². The highest BCUT2D eigenvalue weighted by Gasteiger charge is 2.15. The lowest BCUT2D eigenvalue weighted by molar-refractivity contribution is 0.0527. The van der Waals surface area contributed by atoms with Gasteiger partial charge in [-0.3, -0.25) is 4.99 Å². The van der Waals surface area contributed by atoms with Crippen LogP contribution in [0, 0.1) is 0 Å². The molecule has 1 aromatic carbocycles. The molecular formula is C20H33IN4O2. The van der Waals surface area contributed by atoms with Gasteiger partial charge in [0, 0.05) is 26.7 Å². The van der Waals surface area contributed by atoms with E-state index in [0.717, 1.165) is 25.5 Å². The van der Waals surface area contributed by atoms with Crippen molar-refractivity contribution in [2.75, 3.05) is 20.1 Å². The number of hydrogen-bond donors (Lipinski definition) is 3. The van der Waals surface area contributed by atoms with E-state index < -0.39 is 5.60 Å². The summed E-state index contributed by atoms with van der Waals surface area (Å²) in [5.74, 6) is 0.766. The zero-order valence-electron chi connectivity index (χ0n) is 16.9. The number of nitrogens with zero attached hydrogens (tertiary/aromatic N) is 1. The van der Waals surface area contributed by atoms with E-state index in [4.69, 9.17) is 4.74 Å². The molecule has 0 spiro atoms. The van der Waals surface area contributed by atoms with Gasteiger partial charge in [0.15, 0.2) is 5.96 Å². The molecule has 6 nitrogen and oxygen atoms in total. The Balaban J connectivity index is 0.00000364. The van der Waals surface area contributed by atoms with Gasteiger partial charge in [0.05, 0.1) is 0 Å². The van der Waals surface area contributed by atoms with E-state index in [1.807, 2.05) is 20.8 Å². The van der Waals surface area contributed by atoms with Crippen molar-refractivity contribution in [3.8, 4) is 0 Å². The van der Waals surface area contributed by atoms with E-state index in [9.17, 15) is 4.79 Å². The fourth-order valence-corrected chi connectivity index (χ4v) is 2.94. The summed E-state index contributed by atoms with van der Waals surface area (Å²) in [5, 5.41) is 9.35. The van der Waals surface area contributed by atoms with Crippen molar-refractivity contribution in [2.45, 2.75) is 58.6 Å². The smallest absolute Gasteiger partial charge is 0.407 e. The Bertz CT molecular complexity index is 641. The van der Waals surface area contributed by atoms with Gasteiger partial charge in [-0.25, -0.2) is 4.79 Å². The zero-order chi connectivity index (χ0) is 19.0. The van der Waals surface area contributed by atoms with Gasteiger partial charge in [0.2, 0.25) is 0 Å². The quantitative estimate of drug-likeness (QED) is 0.249. The first-order chi connectivity index (χ1) is 12.4. The fourth-order valence-electron chi connectivity index (χ4n) is 2.94. The van der Waals surface area contributed by atoms with Gasteiger partial charge in [-0.15, -0.1) is 24.0 Å². The topological polar surface area (TPSA) is 74.8 Å². The second kappa shape index (κ2) is 11.4. The number of carbonyl (C=O) groups is 1. The molecule has 152 valence electrons. The highest BCUT2D eigenvalue weighted by molar-refractivity contribution is 14.0. The number of benzene rings is 1. The fraction of sp³-hybridized carbons (Fsp3) is 0.600. The Morgan fingerprint density at radius 1 is 1.11 bits per heavy atom. The van der Waals surface area contributed by atoms with Crippen molar-refractivity contribution in [2.24, 2.45) is 4.99 Å². The Hall–Kier alpha value is -1.51. The van der Waals surface area contributed by atoms with Crippen LogP contribution in [0.1, 0.15) is 50.3 Å². The second-order valence-electron chi connectivity index (χ2n) is 7.59. The summed E-state index contributed by atoms with van der Waals surface area (Å²) in [4.78, 5) is 15.8. The molecule has 0 atom stereocenters. The molecule has 0 saturated heterocycles. The van der Waals surface area contributed by atoms with Crippen LogP contribution in [-0.4, -0.2) is 37.8 Å². The number of aryl methyl sites for hydroxylation is 2. The molecule has 7 heteroatoms. The van der Waals surface area contributed by atoms with Crippen molar-refractivity contribution >= 4 is 36.0 Å². The van der Waals surface area contributed by atoms with E-state index in [0.29, 0.717) is 6.54 Å². The largest absolute Gasteiger partial charge is 0.444 e. The molecular weight excluding hydrogens is 455 g/mol. The number of nitrogens with one attached hydrogen (secondary N) is 3. The van der Waals surface area contributed by atoms with Crippen molar-refractivity contribution in [3.05, 3.63) is 34.9 Å². The van der Waals surface area contributed by atoms with Crippen molar-refractivity contribution < 1.29 is 9.53 Å². The average Bonchev–Trinajstić information content (AvgIpc) is 3.03. The molecule has 1 aliphatic carbocycles. The third-order valence-corrected chi connectivity index (χ3v) is 4.16. The normalized spacial score (nSPS) is 13.4. The Kier molecular flexibility index (Phi) is 9.90. The van der Waals surface area contributed by atoms with Crippen LogP contribution in [0.15, 0.2) is 23.2 Å². The van der Waals surface area contributed by atoms with Crippen LogP contribution < -0.4 is 16.0 Å². The molecule has 2 rings (SSSR count). The summed E-state index contributed by atoms with van der Waals surface area (Å²) >= 11 is 0. The van der Waals surface area contributed by atoms with Crippen molar-refractivity contribution in [1.82, 2.24) is 16.0 Å². The first-order valence-corrected chi connectivity index (χ1v) is 9.39. The summed E-state index contributed by atoms with van der Waals surface area (Å²) in [6.07, 6.45) is 4.09. The third-order valence-electron chi connectivity index (χ3n) is 4.16. The number of halogens is 1. The zero-order valence-corrected chi connectivity index (χ0v) is 19.2. The number of aliphatic imine (C=N–C) groups is 1. The van der Waals surface area contributed by atoms with Crippen LogP contribution in [0.4, 0.5) is 4.79 Å². The van der Waals surface area contributed by atoms with E-state index in [-0.39, 0.29) is 30.1 Å². The monoisotopic (exact) mass is 488 g/mol. The van der Waals surface area contributed by atoms with Crippen molar-refractivity contribution in [1.29, 1.82) is 0 Å². The van der Waals surface area contributed by atoms with Crippen molar-refractivity contribution in [3.63, 3.8) is 0 Å². The second-order valence-corrected chi connectivity index (χ2v) is 7.59. The highest BCUT2D eigenvalue weighted by Crippen LogP contribution is 2.22. The summed E-state index contributed by atoms with van der Waals surface area (Å²) in [7, 11) is 1.76. The number of guanidine groups is 1. The molecule has 27 heavy (non-hydrogen) atoms. The molecule has 0 saturated carbocycles. The van der Waals surface area contributed by atoms with Crippen LogP contribution in [0.25, 0.3) is 0 Å². The van der Waals surface area contributed by atoms with Gasteiger partial charge >= 0.3 is 6.09 Å². The molecule has 3 N–H and O–H groups in total. The SMILES string of the molecule is CN=C(NCCCNC(=O)OC(C)(C)C)NCc1ccc2c(c1)CCC2.I. The average molecular weight is 488 g/mol. The highest BCUT2D eigenvalue weighted by atomic mass is 127. The minimum Gasteiger partial charge on any atom is -0.444 e. The number of amides is 1. The van der Waals surface area contributed by atoms with E-state index in [1.54, 1.807) is 7.05 Å². The molecule has 0 aliphatic heterocycles. The Morgan fingerprint density at radius 2 is 1.81 bits per heavy atom. The number of ether oxygens (including phenoxy) is 1. The molecule has 0 fully saturated rings. The predicted molar refractivity (Wildman–Crippen MR) is 121 cm³/mol. The van der Waals surface area contributed by atoms with E-state index >= 15 is 0 Å². The summed E-state index contributed by atoms with van der Waals surface area (Å²) < 4.78 is 5.20. The number of fused-ring (bicyclic) bond motifs is 1. The molecule has 1 aliphatic rings. The van der Waals surface area contributed by atoms with Crippen LogP contribution in [0.5, 0.6) is 0 Å². The molecule has 0 bridgehead atoms. The standard InChI is InChI=1S/C20H32N4O2.HI/c1-20(2,3)26-19(25)23-12-6-11-22-18(21-4)24-14-15-9-10-16-7-5-8-17(16)13-15;/h9-10,13H,5-8,11-12,14H2,1-4H3,(H,23,25)(H2,21,22,24);1H. The maximum atomic E-state index is 11.6. The summed E-state index contributed by atoms with van der Waals surface area (Å²) in [6.45, 7) is 7.59. The van der Waals surface area contributed by atoms with Crippen LogP contribution >= 0.6 is 24.0 Å². The van der Waals surface area contributed by atoms with Gasteiger partial charge in [0.25, 0.3) is 0 Å². The van der Waals surface area contributed by atoms with E-state index in [2.05, 4.69) is 39.1 Å². The molecule has 1 amide bonds. The molecule has 0 heterocycles. The first-order valence-electron chi connectivity index (χ1n) is 9.39. The minimum absolute atomic E-state index is 0. The van der Waals surface area contributed by atoms with Crippen LogP contribution in [0.3, 0.4) is 0 Å². The number of carbonyl (C=O) groups excluding carboxylic acids is 1. The van der Waals surface area contributed by atoms with Gasteiger partial charge < -0.3 is 20.7 Å². The molecule has 1 aromatic rings. The molecule has 0 radical (unpaired) electrons. The minimum atomic E-state index is -0.466. The van der Waals surface area contributed by atoms with E-state index in [1.165, 1.54) is 36.0 Å². The van der Waals surface area contributed by atoms with Gasteiger partial charge in [-0.05, 0) is 63.1 Å². The lowest BCUT2D eigenvalue weighted by Gasteiger charge is -2.19. The summed E-state index contributed by atoms with van der Waals surface area (Å²) in [6, 6.07) is 6.74.